The molecule has 0 radical (unpaired) electrons. The van der Waals surface area contributed by atoms with Crippen molar-refractivity contribution in [1.29, 1.82) is 0 Å². The summed E-state index contributed by atoms with van der Waals surface area (Å²) < 4.78 is 0. The molecule has 1 aromatic carbocycles. The third kappa shape index (κ3) is 4.91. The molecule has 4 heteroatoms. The quantitative estimate of drug-likeness (QED) is 0.781. The van der Waals surface area contributed by atoms with Crippen LogP contribution in [-0.4, -0.2) is 31.3 Å². The Morgan fingerprint density at radius 3 is 2.56 bits per heavy atom. The molecule has 3 rings (SSSR count). The molecule has 1 heterocycles. The van der Waals surface area contributed by atoms with Gasteiger partial charge in [-0.3, -0.25) is 9.59 Å². The number of Topliss-reactive ketones (excluding diaryl/α,β-unsaturated/α-hetero) is 1. The van der Waals surface area contributed by atoms with E-state index in [1.165, 1.54) is 24.0 Å². The van der Waals surface area contributed by atoms with Gasteiger partial charge < -0.3 is 10.6 Å². The molecule has 4 nitrogen and oxygen atoms in total. The molecule has 0 atom stereocenters. The molecule has 0 aromatic heterocycles. The molecule has 1 aliphatic carbocycles. The molecule has 136 valence electrons. The van der Waals surface area contributed by atoms with Crippen molar-refractivity contribution >= 4 is 11.7 Å². The smallest absolute Gasteiger partial charge is 0.220 e. The van der Waals surface area contributed by atoms with Crippen LogP contribution in [0.1, 0.15) is 66.9 Å². The topological polar surface area (TPSA) is 58.2 Å². The second-order valence-electron chi connectivity index (χ2n) is 7.95. The van der Waals surface area contributed by atoms with E-state index in [1.54, 1.807) is 0 Å². The number of hydrogen-bond donors (Lipinski definition) is 2. The molecule has 25 heavy (non-hydrogen) atoms. The summed E-state index contributed by atoms with van der Waals surface area (Å²) in [7, 11) is 0. The zero-order valence-electron chi connectivity index (χ0n) is 15.3. The van der Waals surface area contributed by atoms with Crippen LogP contribution in [-0.2, 0) is 17.6 Å². The monoisotopic (exact) mass is 342 g/mol. The Morgan fingerprint density at radius 1 is 1.08 bits per heavy atom. The lowest BCUT2D eigenvalue weighted by atomic mass is 9.81. The van der Waals surface area contributed by atoms with Gasteiger partial charge in [-0.25, -0.2) is 0 Å². The van der Waals surface area contributed by atoms with Crippen molar-refractivity contribution in [3.63, 3.8) is 0 Å². The third-order valence-electron chi connectivity index (χ3n) is 5.77. The van der Waals surface area contributed by atoms with Gasteiger partial charge in [-0.2, -0.15) is 0 Å². The molecule has 0 bridgehead atoms. The summed E-state index contributed by atoms with van der Waals surface area (Å²) >= 11 is 0. The fraction of sp³-hybridized carbons (Fsp3) is 0.619. The van der Waals surface area contributed by atoms with E-state index in [1.807, 2.05) is 12.1 Å². The van der Waals surface area contributed by atoms with Crippen molar-refractivity contribution in [2.45, 2.75) is 58.3 Å². The average molecular weight is 342 g/mol. The highest BCUT2D eigenvalue weighted by atomic mass is 16.2. The second-order valence-corrected chi connectivity index (χ2v) is 7.95. The molecule has 1 amide bonds. The van der Waals surface area contributed by atoms with E-state index in [0.29, 0.717) is 13.0 Å². The maximum atomic E-state index is 12.4. The number of hydrogen-bond acceptors (Lipinski definition) is 3. The summed E-state index contributed by atoms with van der Waals surface area (Å²) in [4.78, 5) is 24.5. The zero-order chi connectivity index (χ0) is 17.7. The predicted molar refractivity (Wildman–Crippen MR) is 99.9 cm³/mol. The van der Waals surface area contributed by atoms with Gasteiger partial charge in [0.05, 0.1) is 0 Å². The summed E-state index contributed by atoms with van der Waals surface area (Å²) in [5.41, 5.74) is 3.65. The highest BCUT2D eigenvalue weighted by molar-refractivity contribution is 5.98. The van der Waals surface area contributed by atoms with Crippen LogP contribution < -0.4 is 10.6 Å². The lowest BCUT2D eigenvalue weighted by Crippen LogP contribution is -2.42. The first-order chi connectivity index (χ1) is 12.1. The number of aryl methyl sites for hydroxylation is 2. The maximum Gasteiger partial charge on any atom is 0.220 e. The van der Waals surface area contributed by atoms with Crippen molar-refractivity contribution in [3.8, 4) is 0 Å². The van der Waals surface area contributed by atoms with Crippen molar-refractivity contribution in [1.82, 2.24) is 10.6 Å². The number of carbonyl (C=O) groups excluding carboxylic acids is 2. The first-order valence-corrected chi connectivity index (χ1v) is 9.68. The Balaban J connectivity index is 1.46. The van der Waals surface area contributed by atoms with Crippen LogP contribution in [0, 0.1) is 5.41 Å². The Labute approximate surface area is 150 Å². The molecule has 0 unspecified atom stereocenters. The minimum Gasteiger partial charge on any atom is -0.356 e. The largest absolute Gasteiger partial charge is 0.356 e. The first-order valence-electron chi connectivity index (χ1n) is 9.68. The summed E-state index contributed by atoms with van der Waals surface area (Å²) in [5, 5.41) is 6.38. The van der Waals surface area contributed by atoms with Gasteiger partial charge in [0.15, 0.2) is 5.78 Å². The molecule has 0 spiro atoms. The van der Waals surface area contributed by atoms with Crippen LogP contribution in [0.5, 0.6) is 0 Å². The van der Waals surface area contributed by atoms with Gasteiger partial charge in [0.25, 0.3) is 0 Å². The highest BCUT2D eigenvalue weighted by Crippen LogP contribution is 2.26. The number of fused-ring (bicyclic) bond motifs is 1. The van der Waals surface area contributed by atoms with Crippen molar-refractivity contribution in [2.75, 3.05) is 19.6 Å². The molecule has 2 aliphatic rings. The van der Waals surface area contributed by atoms with Crippen LogP contribution in [0.15, 0.2) is 18.2 Å². The van der Waals surface area contributed by atoms with Crippen LogP contribution in [0.3, 0.4) is 0 Å². The Bertz CT molecular complexity index is 633. The number of amides is 1. The summed E-state index contributed by atoms with van der Waals surface area (Å²) in [5.74, 6) is 0.0719. The minimum absolute atomic E-state index is 0.00827. The van der Waals surface area contributed by atoms with E-state index in [4.69, 9.17) is 0 Å². The van der Waals surface area contributed by atoms with Gasteiger partial charge in [0.2, 0.25) is 5.91 Å². The molecule has 1 aromatic rings. The summed E-state index contributed by atoms with van der Waals surface area (Å²) in [6, 6.07) is 6.07. The number of rotatable bonds is 6. The minimum atomic E-state index is -0.00827. The Morgan fingerprint density at radius 2 is 1.80 bits per heavy atom. The molecular formula is C21H30N2O2. The van der Waals surface area contributed by atoms with E-state index in [2.05, 4.69) is 23.6 Å². The van der Waals surface area contributed by atoms with E-state index < -0.39 is 0 Å². The van der Waals surface area contributed by atoms with Crippen LogP contribution in [0.25, 0.3) is 0 Å². The number of nitrogens with one attached hydrogen (secondary N) is 2. The number of benzene rings is 1. The van der Waals surface area contributed by atoms with Gasteiger partial charge >= 0.3 is 0 Å². The van der Waals surface area contributed by atoms with Gasteiger partial charge in [0.1, 0.15) is 0 Å². The van der Waals surface area contributed by atoms with Crippen LogP contribution >= 0.6 is 0 Å². The molecule has 2 N–H and O–H groups in total. The highest BCUT2D eigenvalue weighted by Gasteiger charge is 2.27. The van der Waals surface area contributed by atoms with Crippen molar-refractivity contribution in [2.24, 2.45) is 5.41 Å². The summed E-state index contributed by atoms with van der Waals surface area (Å²) in [6.07, 6.45) is 7.40. The van der Waals surface area contributed by atoms with Gasteiger partial charge in [-0.1, -0.05) is 19.1 Å². The molecule has 1 aliphatic heterocycles. The second kappa shape index (κ2) is 8.13. The number of ketones is 1. The molecule has 0 saturated carbocycles. The third-order valence-corrected chi connectivity index (χ3v) is 5.77. The average Bonchev–Trinajstić information content (AvgIpc) is 2.64. The van der Waals surface area contributed by atoms with E-state index in [0.717, 1.165) is 44.3 Å². The molecule has 1 saturated heterocycles. The Kier molecular flexibility index (Phi) is 5.89. The number of piperidine rings is 1. The predicted octanol–water partition coefficient (Wildman–Crippen LogP) is 3.03. The summed E-state index contributed by atoms with van der Waals surface area (Å²) in [6.45, 7) is 4.97. The number of carbonyl (C=O) groups is 2. The lowest BCUT2D eigenvalue weighted by molar-refractivity contribution is -0.121. The SMILES string of the molecule is CC1(CNC(=O)CCC(=O)c2ccc3c(c2)CCCC3)CCNCC1. The normalized spacial score (nSPS) is 19.1. The van der Waals surface area contributed by atoms with E-state index in [-0.39, 0.29) is 23.5 Å². The fourth-order valence-electron chi connectivity index (χ4n) is 3.89. The van der Waals surface area contributed by atoms with E-state index in [9.17, 15) is 9.59 Å². The fourth-order valence-corrected chi connectivity index (χ4v) is 3.89. The zero-order valence-corrected chi connectivity index (χ0v) is 15.3. The van der Waals surface area contributed by atoms with Crippen LogP contribution in [0.4, 0.5) is 0 Å². The molecule has 1 fully saturated rings. The standard InChI is InChI=1S/C21H30N2O2/c1-21(10-12-22-13-11-21)15-23-20(25)9-8-19(24)18-7-6-16-4-2-3-5-17(16)14-18/h6-7,14,22H,2-5,8-13,15H2,1H3,(H,23,25). The van der Waals surface area contributed by atoms with Crippen molar-refractivity contribution < 1.29 is 9.59 Å². The lowest BCUT2D eigenvalue weighted by Gasteiger charge is -2.34. The molecular weight excluding hydrogens is 312 g/mol. The van der Waals surface area contributed by atoms with E-state index >= 15 is 0 Å². The van der Waals surface area contributed by atoms with Gasteiger partial charge in [0, 0.05) is 24.9 Å². The van der Waals surface area contributed by atoms with Gasteiger partial charge in [-0.15, -0.1) is 0 Å². The Hall–Kier alpha value is -1.68. The van der Waals surface area contributed by atoms with Crippen molar-refractivity contribution in [3.05, 3.63) is 34.9 Å². The van der Waals surface area contributed by atoms with Crippen LogP contribution in [0.2, 0.25) is 0 Å². The first kappa shape index (κ1) is 18.1. The maximum absolute atomic E-state index is 12.4. The van der Waals surface area contributed by atoms with Gasteiger partial charge in [-0.05, 0) is 74.2 Å².